The van der Waals surface area contributed by atoms with Crippen molar-refractivity contribution in [3.63, 3.8) is 0 Å². The van der Waals surface area contributed by atoms with Crippen LogP contribution in [0.4, 0.5) is 0 Å². The van der Waals surface area contributed by atoms with E-state index in [1.807, 2.05) is 0 Å². The second-order valence-electron chi connectivity index (χ2n) is 7.09. The van der Waals surface area contributed by atoms with Gasteiger partial charge in [0.15, 0.2) is 5.79 Å². The first-order chi connectivity index (χ1) is 10.9. The lowest BCUT2D eigenvalue weighted by atomic mass is 9.73. The van der Waals surface area contributed by atoms with E-state index in [2.05, 4.69) is 35.6 Å². The van der Waals surface area contributed by atoms with Gasteiger partial charge in [-0.05, 0) is 30.2 Å². The second kappa shape index (κ2) is 6.31. The van der Waals surface area contributed by atoms with Gasteiger partial charge in [0.25, 0.3) is 0 Å². The summed E-state index contributed by atoms with van der Waals surface area (Å²) in [5.74, 6) is 0.972. The van der Waals surface area contributed by atoms with E-state index in [-0.39, 0.29) is 11.9 Å². The van der Waals surface area contributed by atoms with Crippen molar-refractivity contribution in [1.29, 1.82) is 0 Å². The van der Waals surface area contributed by atoms with E-state index >= 15 is 0 Å². The first-order valence-corrected chi connectivity index (χ1v) is 8.94. The number of piperidine rings is 1. The van der Waals surface area contributed by atoms with Gasteiger partial charge in [0, 0.05) is 25.9 Å². The smallest absolute Gasteiger partial charge is 0.171 e. The van der Waals surface area contributed by atoms with E-state index in [0.29, 0.717) is 11.8 Å². The Hall–Kier alpha value is -0.900. The number of hydrogen-bond donors (Lipinski definition) is 1. The molecule has 4 rings (SSSR count). The molecule has 22 heavy (non-hydrogen) atoms. The molecule has 0 amide bonds. The number of hydrogen-bond acceptors (Lipinski definition) is 3. The fraction of sp³-hybridized carbons (Fsp3) is 0.684. The van der Waals surface area contributed by atoms with Crippen molar-refractivity contribution >= 4 is 0 Å². The van der Waals surface area contributed by atoms with Crippen molar-refractivity contribution in [3.8, 4) is 0 Å². The topological polar surface area (TPSA) is 30.5 Å². The standard InChI is InChI=1S/C19H27NO2/c1-2-6-15(7-3-1)16-8-4-5-9-17(16)18-14-21-19(22-18)10-12-20-13-11-19/h1-3,6-7,16-18,20H,4-5,8-14H2. The lowest BCUT2D eigenvalue weighted by molar-refractivity contribution is -0.189. The predicted octanol–water partition coefficient (Wildman–Crippen LogP) is 3.46. The van der Waals surface area contributed by atoms with E-state index in [0.717, 1.165) is 32.5 Å². The predicted molar refractivity (Wildman–Crippen MR) is 86.8 cm³/mol. The molecule has 1 aromatic carbocycles. The molecule has 3 unspecified atom stereocenters. The van der Waals surface area contributed by atoms with E-state index in [9.17, 15) is 0 Å². The third kappa shape index (κ3) is 2.82. The van der Waals surface area contributed by atoms with Crippen molar-refractivity contribution in [2.75, 3.05) is 19.7 Å². The normalized spacial score (nSPS) is 34.8. The largest absolute Gasteiger partial charge is 0.347 e. The maximum atomic E-state index is 6.52. The Morgan fingerprint density at radius 2 is 1.77 bits per heavy atom. The molecule has 3 aliphatic rings. The van der Waals surface area contributed by atoms with Crippen molar-refractivity contribution in [3.05, 3.63) is 35.9 Å². The fourth-order valence-electron chi connectivity index (χ4n) is 4.58. The zero-order valence-electron chi connectivity index (χ0n) is 13.3. The van der Waals surface area contributed by atoms with Gasteiger partial charge in [-0.2, -0.15) is 0 Å². The van der Waals surface area contributed by atoms with Crippen LogP contribution in [0.2, 0.25) is 0 Å². The summed E-state index contributed by atoms with van der Waals surface area (Å²) >= 11 is 0. The maximum absolute atomic E-state index is 6.52. The molecule has 120 valence electrons. The molecule has 3 heteroatoms. The molecule has 3 nitrogen and oxygen atoms in total. The molecule has 2 saturated heterocycles. The van der Waals surface area contributed by atoms with Gasteiger partial charge in [0.1, 0.15) is 0 Å². The van der Waals surface area contributed by atoms with E-state index in [4.69, 9.17) is 9.47 Å². The van der Waals surface area contributed by atoms with Crippen LogP contribution in [0.5, 0.6) is 0 Å². The van der Waals surface area contributed by atoms with Crippen LogP contribution in [0.25, 0.3) is 0 Å². The highest BCUT2D eigenvalue weighted by atomic mass is 16.7. The van der Waals surface area contributed by atoms with Gasteiger partial charge >= 0.3 is 0 Å². The Morgan fingerprint density at radius 3 is 2.59 bits per heavy atom. The maximum Gasteiger partial charge on any atom is 0.171 e. The molecule has 2 aliphatic heterocycles. The zero-order chi connectivity index (χ0) is 14.8. The Balaban J connectivity index is 1.50. The Morgan fingerprint density at radius 1 is 1.00 bits per heavy atom. The molecular weight excluding hydrogens is 274 g/mol. The Labute approximate surface area is 133 Å². The van der Waals surface area contributed by atoms with Gasteiger partial charge in [-0.1, -0.05) is 43.2 Å². The molecular formula is C19H27NO2. The van der Waals surface area contributed by atoms with Crippen LogP contribution >= 0.6 is 0 Å². The van der Waals surface area contributed by atoms with Crippen LogP contribution in [-0.4, -0.2) is 31.6 Å². The highest BCUT2D eigenvalue weighted by molar-refractivity contribution is 5.21. The lowest BCUT2D eigenvalue weighted by Gasteiger charge is -2.37. The minimum Gasteiger partial charge on any atom is -0.347 e. The molecule has 1 spiro atoms. The van der Waals surface area contributed by atoms with Gasteiger partial charge < -0.3 is 14.8 Å². The fourth-order valence-corrected chi connectivity index (χ4v) is 4.58. The van der Waals surface area contributed by atoms with Crippen molar-refractivity contribution < 1.29 is 9.47 Å². The molecule has 0 bridgehead atoms. The first-order valence-electron chi connectivity index (χ1n) is 8.94. The number of rotatable bonds is 2. The van der Waals surface area contributed by atoms with Crippen LogP contribution in [0.1, 0.15) is 50.0 Å². The molecule has 0 radical (unpaired) electrons. The summed E-state index contributed by atoms with van der Waals surface area (Å²) in [5.41, 5.74) is 1.49. The molecule has 1 saturated carbocycles. The van der Waals surface area contributed by atoms with Gasteiger partial charge in [-0.25, -0.2) is 0 Å². The molecule has 2 heterocycles. The number of benzene rings is 1. The van der Waals surface area contributed by atoms with Gasteiger partial charge in [0.05, 0.1) is 12.7 Å². The molecule has 3 atom stereocenters. The molecule has 0 aromatic heterocycles. The lowest BCUT2D eigenvalue weighted by Crippen LogP contribution is -2.43. The minimum absolute atomic E-state index is 0.281. The van der Waals surface area contributed by atoms with Gasteiger partial charge in [-0.3, -0.25) is 0 Å². The zero-order valence-corrected chi connectivity index (χ0v) is 13.3. The number of ether oxygens (including phenoxy) is 2. The summed E-state index contributed by atoms with van der Waals surface area (Å²) in [6.45, 7) is 2.81. The van der Waals surface area contributed by atoms with Crippen LogP contribution in [-0.2, 0) is 9.47 Å². The SMILES string of the molecule is c1ccc(C2CCCCC2C2COC3(CCNCC3)O2)cc1. The molecule has 1 N–H and O–H groups in total. The first kappa shape index (κ1) is 14.7. The molecule has 1 aromatic rings. The van der Waals surface area contributed by atoms with Crippen LogP contribution in [0.15, 0.2) is 30.3 Å². The van der Waals surface area contributed by atoms with E-state index in [1.54, 1.807) is 0 Å². The van der Waals surface area contributed by atoms with Crippen LogP contribution in [0.3, 0.4) is 0 Å². The average Bonchev–Trinajstić information content (AvgIpc) is 3.00. The van der Waals surface area contributed by atoms with Crippen molar-refractivity contribution in [2.24, 2.45) is 5.92 Å². The quantitative estimate of drug-likeness (QED) is 0.907. The Kier molecular flexibility index (Phi) is 4.21. The van der Waals surface area contributed by atoms with E-state index in [1.165, 1.54) is 31.2 Å². The van der Waals surface area contributed by atoms with Gasteiger partial charge in [0.2, 0.25) is 0 Å². The summed E-state index contributed by atoms with van der Waals surface area (Å²) in [7, 11) is 0. The Bertz CT molecular complexity index is 483. The minimum atomic E-state index is -0.283. The summed E-state index contributed by atoms with van der Waals surface area (Å²) in [4.78, 5) is 0. The molecule has 3 fully saturated rings. The molecule has 1 aliphatic carbocycles. The highest BCUT2D eigenvalue weighted by Gasteiger charge is 2.46. The van der Waals surface area contributed by atoms with E-state index < -0.39 is 0 Å². The second-order valence-corrected chi connectivity index (χ2v) is 7.09. The average molecular weight is 301 g/mol. The third-order valence-corrected chi connectivity index (χ3v) is 5.77. The highest BCUT2D eigenvalue weighted by Crippen LogP contribution is 2.44. The summed E-state index contributed by atoms with van der Waals surface area (Å²) in [6.07, 6.45) is 7.52. The van der Waals surface area contributed by atoms with Crippen molar-refractivity contribution in [1.82, 2.24) is 5.32 Å². The third-order valence-electron chi connectivity index (χ3n) is 5.77. The van der Waals surface area contributed by atoms with Gasteiger partial charge in [-0.15, -0.1) is 0 Å². The van der Waals surface area contributed by atoms with Crippen LogP contribution in [0, 0.1) is 5.92 Å². The number of nitrogens with one attached hydrogen (secondary N) is 1. The monoisotopic (exact) mass is 301 g/mol. The summed E-state index contributed by atoms with van der Waals surface area (Å²) < 4.78 is 12.7. The summed E-state index contributed by atoms with van der Waals surface area (Å²) in [5, 5.41) is 3.40. The summed E-state index contributed by atoms with van der Waals surface area (Å²) in [6, 6.07) is 11.0. The van der Waals surface area contributed by atoms with Crippen molar-refractivity contribution in [2.45, 2.75) is 56.3 Å². The van der Waals surface area contributed by atoms with Crippen LogP contribution < -0.4 is 5.32 Å².